The van der Waals surface area contributed by atoms with Crippen molar-refractivity contribution < 1.29 is 19.3 Å². The molecular formula is C29H24N4O5S. The number of amides is 3. The number of thioether (sulfide) groups is 1. The maximum atomic E-state index is 13.4. The second-order valence-corrected chi connectivity index (χ2v) is 9.62. The van der Waals surface area contributed by atoms with Gasteiger partial charge in [-0.1, -0.05) is 36.4 Å². The van der Waals surface area contributed by atoms with E-state index in [1.807, 2.05) is 36.4 Å². The predicted molar refractivity (Wildman–Crippen MR) is 152 cm³/mol. The first-order chi connectivity index (χ1) is 18.8. The van der Waals surface area contributed by atoms with Gasteiger partial charge in [0.05, 0.1) is 4.92 Å². The highest BCUT2D eigenvalue weighted by Gasteiger charge is 2.22. The highest BCUT2D eigenvalue weighted by atomic mass is 32.2. The van der Waals surface area contributed by atoms with Crippen molar-refractivity contribution in [3.8, 4) is 0 Å². The fraction of sp³-hybridized carbons (Fsp3) is 0.0690. The molecule has 4 aromatic rings. The van der Waals surface area contributed by atoms with E-state index in [-0.39, 0.29) is 23.1 Å². The van der Waals surface area contributed by atoms with Crippen LogP contribution in [-0.2, 0) is 9.59 Å². The van der Waals surface area contributed by atoms with E-state index in [0.717, 1.165) is 10.5 Å². The molecule has 1 unspecified atom stereocenters. The lowest BCUT2D eigenvalue weighted by Crippen LogP contribution is -2.19. The molecule has 0 heterocycles. The SMILES string of the molecule is CC(=O)Nc1ccc(NC(=O)C(Sc2cccc(NC(=O)c3ccc([N+](=O)[O-])cc3)c2)c2ccccc2)cc1. The molecule has 0 spiro atoms. The van der Waals surface area contributed by atoms with Crippen molar-refractivity contribution in [1.82, 2.24) is 0 Å². The molecule has 0 saturated heterocycles. The van der Waals surface area contributed by atoms with Crippen LogP contribution in [0.2, 0.25) is 0 Å². The second-order valence-electron chi connectivity index (χ2n) is 8.44. The molecule has 39 heavy (non-hydrogen) atoms. The maximum Gasteiger partial charge on any atom is 0.269 e. The van der Waals surface area contributed by atoms with Crippen molar-refractivity contribution in [1.29, 1.82) is 0 Å². The first-order valence-electron chi connectivity index (χ1n) is 11.8. The lowest BCUT2D eigenvalue weighted by molar-refractivity contribution is -0.384. The molecule has 0 aromatic heterocycles. The van der Waals surface area contributed by atoms with Gasteiger partial charge in [0.1, 0.15) is 5.25 Å². The number of carbonyl (C=O) groups excluding carboxylic acids is 3. The number of anilines is 3. The number of nitro groups is 1. The number of benzene rings is 4. The van der Waals surface area contributed by atoms with Gasteiger partial charge in [0.25, 0.3) is 11.6 Å². The molecular weight excluding hydrogens is 516 g/mol. The van der Waals surface area contributed by atoms with Gasteiger partial charge in [-0.3, -0.25) is 24.5 Å². The molecule has 1 atom stereocenters. The van der Waals surface area contributed by atoms with Crippen LogP contribution < -0.4 is 16.0 Å². The number of nitro benzene ring substituents is 1. The quantitative estimate of drug-likeness (QED) is 0.130. The van der Waals surface area contributed by atoms with Crippen LogP contribution in [0, 0.1) is 10.1 Å². The Bertz CT molecular complexity index is 1490. The average Bonchev–Trinajstić information content (AvgIpc) is 2.93. The van der Waals surface area contributed by atoms with Gasteiger partial charge >= 0.3 is 0 Å². The third kappa shape index (κ3) is 7.53. The van der Waals surface area contributed by atoms with E-state index in [1.165, 1.54) is 43.0 Å². The summed E-state index contributed by atoms with van der Waals surface area (Å²) in [5, 5.41) is 18.7. The Morgan fingerprint density at radius 1 is 0.744 bits per heavy atom. The first kappa shape index (κ1) is 27.1. The Labute approximate surface area is 228 Å². The number of carbonyl (C=O) groups is 3. The third-order valence-corrected chi connectivity index (χ3v) is 6.75. The number of nitrogens with one attached hydrogen (secondary N) is 3. The summed E-state index contributed by atoms with van der Waals surface area (Å²) in [5.41, 5.74) is 2.71. The zero-order chi connectivity index (χ0) is 27.8. The molecule has 0 radical (unpaired) electrons. The number of nitrogens with zero attached hydrogens (tertiary/aromatic N) is 1. The predicted octanol–water partition coefficient (Wildman–Crippen LogP) is 6.28. The van der Waals surface area contributed by atoms with Crippen LogP contribution in [0.25, 0.3) is 0 Å². The molecule has 3 amide bonds. The smallest absolute Gasteiger partial charge is 0.269 e. The van der Waals surface area contributed by atoms with E-state index >= 15 is 0 Å². The van der Waals surface area contributed by atoms with Gasteiger partial charge in [-0.05, 0) is 60.2 Å². The molecule has 0 saturated carbocycles. The summed E-state index contributed by atoms with van der Waals surface area (Å²) < 4.78 is 0. The van der Waals surface area contributed by atoms with Crippen molar-refractivity contribution in [2.45, 2.75) is 17.1 Å². The van der Waals surface area contributed by atoms with Gasteiger partial charge in [0.2, 0.25) is 11.8 Å². The monoisotopic (exact) mass is 540 g/mol. The lowest BCUT2D eigenvalue weighted by Gasteiger charge is -2.18. The van der Waals surface area contributed by atoms with E-state index in [2.05, 4.69) is 16.0 Å². The highest BCUT2D eigenvalue weighted by molar-refractivity contribution is 8.00. The van der Waals surface area contributed by atoms with Gasteiger partial charge in [-0.2, -0.15) is 0 Å². The van der Waals surface area contributed by atoms with Crippen LogP contribution in [0.5, 0.6) is 0 Å². The lowest BCUT2D eigenvalue weighted by atomic mass is 10.1. The van der Waals surface area contributed by atoms with Gasteiger partial charge in [-0.25, -0.2) is 0 Å². The van der Waals surface area contributed by atoms with Crippen LogP contribution in [0.1, 0.15) is 28.1 Å². The minimum absolute atomic E-state index is 0.0983. The Morgan fingerprint density at radius 3 is 2.00 bits per heavy atom. The number of hydrogen-bond acceptors (Lipinski definition) is 6. The summed E-state index contributed by atoms with van der Waals surface area (Å²) in [6, 6.07) is 28.6. The number of rotatable bonds is 9. The van der Waals surface area contributed by atoms with Crippen molar-refractivity contribution in [2.75, 3.05) is 16.0 Å². The molecule has 4 rings (SSSR count). The van der Waals surface area contributed by atoms with Crippen LogP contribution in [0.3, 0.4) is 0 Å². The Kier molecular flexibility index (Phi) is 8.70. The summed E-state index contributed by atoms with van der Waals surface area (Å²) >= 11 is 1.33. The minimum atomic E-state index is -0.596. The summed E-state index contributed by atoms with van der Waals surface area (Å²) in [6.07, 6.45) is 0. The van der Waals surface area contributed by atoms with Gasteiger partial charge in [0, 0.05) is 46.6 Å². The maximum absolute atomic E-state index is 13.4. The van der Waals surface area contributed by atoms with Crippen LogP contribution in [0.15, 0.2) is 108 Å². The normalized spacial score (nSPS) is 11.2. The van der Waals surface area contributed by atoms with E-state index < -0.39 is 16.1 Å². The van der Waals surface area contributed by atoms with E-state index in [0.29, 0.717) is 17.1 Å². The third-order valence-electron chi connectivity index (χ3n) is 5.50. The molecule has 3 N–H and O–H groups in total. The molecule has 10 heteroatoms. The van der Waals surface area contributed by atoms with Gasteiger partial charge < -0.3 is 16.0 Å². The average molecular weight is 541 g/mol. The Morgan fingerprint density at radius 2 is 1.38 bits per heavy atom. The van der Waals surface area contributed by atoms with E-state index in [4.69, 9.17) is 0 Å². The molecule has 4 aromatic carbocycles. The standard InChI is InChI=1S/C29H24N4O5S/c1-19(34)30-22-12-14-23(15-13-22)31-29(36)27(20-6-3-2-4-7-20)39-26-9-5-8-24(18-26)32-28(35)21-10-16-25(17-11-21)33(37)38/h2-18,27H,1H3,(H,30,34)(H,31,36)(H,32,35). The fourth-order valence-electron chi connectivity index (χ4n) is 3.67. The topological polar surface area (TPSA) is 130 Å². The molecule has 196 valence electrons. The van der Waals surface area contributed by atoms with Crippen molar-refractivity contribution >= 4 is 52.2 Å². The minimum Gasteiger partial charge on any atom is -0.326 e. The van der Waals surface area contributed by atoms with Crippen molar-refractivity contribution in [3.63, 3.8) is 0 Å². The fourth-order valence-corrected chi connectivity index (χ4v) is 4.75. The molecule has 9 nitrogen and oxygen atoms in total. The number of non-ortho nitro benzene ring substituents is 1. The van der Waals surface area contributed by atoms with E-state index in [9.17, 15) is 24.5 Å². The second kappa shape index (κ2) is 12.5. The van der Waals surface area contributed by atoms with Crippen molar-refractivity contribution in [2.24, 2.45) is 0 Å². The molecule has 0 fully saturated rings. The molecule has 0 aliphatic heterocycles. The molecule has 0 aliphatic carbocycles. The van der Waals surface area contributed by atoms with Crippen molar-refractivity contribution in [3.05, 3.63) is 124 Å². The van der Waals surface area contributed by atoms with E-state index in [1.54, 1.807) is 42.5 Å². The van der Waals surface area contributed by atoms with Crippen LogP contribution in [0.4, 0.5) is 22.7 Å². The van der Waals surface area contributed by atoms with Crippen LogP contribution >= 0.6 is 11.8 Å². The zero-order valence-electron chi connectivity index (χ0n) is 20.8. The molecule has 0 bridgehead atoms. The number of hydrogen-bond donors (Lipinski definition) is 3. The summed E-state index contributed by atoms with van der Waals surface area (Å²) in [5.74, 6) is -0.829. The Hall–Kier alpha value is -4.96. The summed E-state index contributed by atoms with van der Waals surface area (Å²) in [6.45, 7) is 1.42. The first-order valence-corrected chi connectivity index (χ1v) is 12.7. The van der Waals surface area contributed by atoms with Crippen LogP contribution in [-0.4, -0.2) is 22.6 Å². The molecule has 0 aliphatic rings. The Balaban J connectivity index is 1.49. The van der Waals surface area contributed by atoms with Gasteiger partial charge in [0.15, 0.2) is 0 Å². The highest BCUT2D eigenvalue weighted by Crippen LogP contribution is 2.37. The summed E-state index contributed by atoms with van der Waals surface area (Å²) in [4.78, 5) is 48.4. The van der Waals surface area contributed by atoms with Gasteiger partial charge in [-0.15, -0.1) is 11.8 Å². The summed E-state index contributed by atoms with van der Waals surface area (Å²) in [7, 11) is 0. The zero-order valence-corrected chi connectivity index (χ0v) is 21.6. The largest absolute Gasteiger partial charge is 0.326 e.